The number of furan rings is 1. The van der Waals surface area contributed by atoms with Crippen molar-refractivity contribution in [3.63, 3.8) is 0 Å². The zero-order valence-electron chi connectivity index (χ0n) is 16.3. The van der Waals surface area contributed by atoms with Crippen LogP contribution in [0.25, 0.3) is 21.9 Å². The van der Waals surface area contributed by atoms with Crippen LogP contribution >= 0.6 is 12.4 Å². The Bertz CT molecular complexity index is 1040. The van der Waals surface area contributed by atoms with Crippen LogP contribution in [0.15, 0.2) is 46.9 Å². The number of fused-ring (bicyclic) bond motifs is 3. The molecule has 0 bridgehead atoms. The van der Waals surface area contributed by atoms with E-state index in [1.807, 2.05) is 42.5 Å². The fraction of sp³-hybridized carbons (Fsp3) is 0.364. The molecule has 1 saturated carbocycles. The molecule has 0 radical (unpaired) electrons. The normalized spacial score (nSPS) is 16.3. The minimum Gasteiger partial charge on any atom is -0.467 e. The number of para-hydroxylation sites is 1. The van der Waals surface area contributed by atoms with Crippen LogP contribution in [0.5, 0.6) is 0 Å². The Morgan fingerprint density at radius 1 is 1.14 bits per heavy atom. The first-order valence-electron chi connectivity index (χ1n) is 9.58. The molecule has 1 fully saturated rings. The molecule has 3 N–H and O–H groups in total. The number of amides is 1. The van der Waals surface area contributed by atoms with Gasteiger partial charge < -0.3 is 20.2 Å². The van der Waals surface area contributed by atoms with Crippen LogP contribution in [0.1, 0.15) is 31.2 Å². The molecule has 0 aliphatic heterocycles. The smallest absolute Gasteiger partial charge is 0.328 e. The Hall–Kier alpha value is -2.57. The van der Waals surface area contributed by atoms with E-state index >= 15 is 0 Å². The fourth-order valence-corrected chi connectivity index (χ4v) is 4.00. The van der Waals surface area contributed by atoms with Crippen LogP contribution in [0, 0.1) is 0 Å². The monoisotopic (exact) mass is 416 g/mol. The Labute approximate surface area is 175 Å². The highest BCUT2D eigenvalue weighted by atomic mass is 35.5. The number of rotatable bonds is 5. The standard InChI is InChI=1S/C22H24N2O4.ClH/c1-27-20(25)17(24-21(26)22(23)10-4-5-11-22)12-14-8-9-16-15-6-2-3-7-18(15)28-19(16)13-14;/h2-3,6-9,13,17H,4-5,10-12,23H2,1H3,(H,24,26);1H/t17-;/m0./s1. The summed E-state index contributed by atoms with van der Waals surface area (Å²) in [6.45, 7) is 0. The molecule has 0 saturated heterocycles. The third kappa shape index (κ3) is 4.09. The summed E-state index contributed by atoms with van der Waals surface area (Å²) in [5.41, 5.74) is 7.77. The van der Waals surface area contributed by atoms with Gasteiger partial charge in [-0.05, 0) is 30.5 Å². The van der Waals surface area contributed by atoms with E-state index in [-0.39, 0.29) is 18.3 Å². The van der Waals surface area contributed by atoms with E-state index in [0.717, 1.165) is 40.3 Å². The number of ether oxygens (including phenoxy) is 1. The Kier molecular flexibility index (Phi) is 6.15. The molecule has 3 aromatic rings. The number of benzene rings is 2. The maximum absolute atomic E-state index is 12.7. The summed E-state index contributed by atoms with van der Waals surface area (Å²) < 4.78 is 10.8. The number of hydrogen-bond donors (Lipinski definition) is 2. The second-order valence-electron chi connectivity index (χ2n) is 7.55. The van der Waals surface area contributed by atoms with Gasteiger partial charge in [0.15, 0.2) is 0 Å². The van der Waals surface area contributed by atoms with Crippen molar-refractivity contribution in [3.8, 4) is 0 Å². The molecule has 4 rings (SSSR count). The summed E-state index contributed by atoms with van der Waals surface area (Å²) in [6, 6.07) is 12.9. The first kappa shape index (κ1) is 21.1. The maximum atomic E-state index is 12.7. The van der Waals surface area contributed by atoms with Gasteiger partial charge in [0.2, 0.25) is 5.91 Å². The van der Waals surface area contributed by atoms with Gasteiger partial charge in [-0.1, -0.05) is 43.2 Å². The van der Waals surface area contributed by atoms with Crippen molar-refractivity contribution in [2.75, 3.05) is 7.11 Å². The van der Waals surface area contributed by atoms with E-state index in [0.29, 0.717) is 19.3 Å². The summed E-state index contributed by atoms with van der Waals surface area (Å²) in [5.74, 6) is -0.773. The summed E-state index contributed by atoms with van der Waals surface area (Å²) in [4.78, 5) is 24.9. The lowest BCUT2D eigenvalue weighted by Gasteiger charge is -2.25. The first-order valence-corrected chi connectivity index (χ1v) is 9.58. The minimum absolute atomic E-state index is 0. The molecule has 0 spiro atoms. The van der Waals surface area contributed by atoms with Gasteiger partial charge in [-0.3, -0.25) is 4.79 Å². The number of halogens is 1. The van der Waals surface area contributed by atoms with Gasteiger partial charge in [0, 0.05) is 17.2 Å². The van der Waals surface area contributed by atoms with Crippen LogP contribution in [-0.2, 0) is 20.7 Å². The summed E-state index contributed by atoms with van der Waals surface area (Å²) >= 11 is 0. The van der Waals surface area contributed by atoms with Crippen molar-refractivity contribution < 1.29 is 18.7 Å². The van der Waals surface area contributed by atoms with Crippen molar-refractivity contribution in [2.45, 2.75) is 43.7 Å². The van der Waals surface area contributed by atoms with E-state index in [9.17, 15) is 9.59 Å². The van der Waals surface area contributed by atoms with Crippen molar-refractivity contribution in [2.24, 2.45) is 5.73 Å². The third-order valence-corrected chi connectivity index (χ3v) is 5.62. The molecule has 1 heterocycles. The molecule has 1 atom stereocenters. The molecule has 1 aromatic heterocycles. The number of nitrogens with two attached hydrogens (primary N) is 1. The van der Waals surface area contributed by atoms with Gasteiger partial charge in [0.05, 0.1) is 12.6 Å². The average Bonchev–Trinajstić information content (AvgIpc) is 3.30. The highest BCUT2D eigenvalue weighted by Gasteiger charge is 2.39. The van der Waals surface area contributed by atoms with Crippen molar-refractivity contribution in [3.05, 3.63) is 48.0 Å². The molecular weight excluding hydrogens is 392 g/mol. The predicted molar refractivity (Wildman–Crippen MR) is 114 cm³/mol. The first-order chi connectivity index (χ1) is 13.5. The Balaban J connectivity index is 0.00000240. The largest absolute Gasteiger partial charge is 0.467 e. The third-order valence-electron chi connectivity index (χ3n) is 5.62. The molecule has 7 heteroatoms. The number of carbonyl (C=O) groups excluding carboxylic acids is 2. The van der Waals surface area contributed by atoms with Gasteiger partial charge in [-0.2, -0.15) is 0 Å². The van der Waals surface area contributed by atoms with Gasteiger partial charge in [-0.25, -0.2) is 4.79 Å². The molecule has 1 aliphatic carbocycles. The number of nitrogens with one attached hydrogen (secondary N) is 1. The van der Waals surface area contributed by atoms with Crippen LogP contribution in [0.4, 0.5) is 0 Å². The molecule has 6 nitrogen and oxygen atoms in total. The molecule has 1 aliphatic rings. The minimum atomic E-state index is -0.894. The van der Waals surface area contributed by atoms with Crippen LogP contribution in [0.3, 0.4) is 0 Å². The van der Waals surface area contributed by atoms with Crippen molar-refractivity contribution in [1.82, 2.24) is 5.32 Å². The lowest BCUT2D eigenvalue weighted by molar-refractivity contribution is -0.145. The highest BCUT2D eigenvalue weighted by Crippen LogP contribution is 2.30. The van der Waals surface area contributed by atoms with Crippen LogP contribution in [0.2, 0.25) is 0 Å². The summed E-state index contributed by atoms with van der Waals surface area (Å²) in [6.07, 6.45) is 3.43. The van der Waals surface area contributed by atoms with Crippen molar-refractivity contribution in [1.29, 1.82) is 0 Å². The number of carbonyl (C=O) groups is 2. The Morgan fingerprint density at radius 3 is 2.55 bits per heavy atom. The second kappa shape index (κ2) is 8.43. The van der Waals surface area contributed by atoms with E-state index in [1.165, 1.54) is 7.11 Å². The van der Waals surface area contributed by atoms with Crippen molar-refractivity contribution >= 4 is 46.2 Å². The van der Waals surface area contributed by atoms with E-state index in [4.69, 9.17) is 14.9 Å². The molecule has 2 aromatic carbocycles. The molecule has 1 amide bonds. The second-order valence-corrected chi connectivity index (χ2v) is 7.55. The quantitative estimate of drug-likeness (QED) is 0.621. The SMILES string of the molecule is COC(=O)[C@H](Cc1ccc2c(c1)oc1ccccc12)NC(=O)C1(N)CCCC1.Cl. The average molecular weight is 417 g/mol. The van der Waals surface area contributed by atoms with E-state index < -0.39 is 17.6 Å². The zero-order valence-corrected chi connectivity index (χ0v) is 17.1. The maximum Gasteiger partial charge on any atom is 0.328 e. The van der Waals surface area contributed by atoms with E-state index in [1.54, 1.807) is 0 Å². The fourth-order valence-electron chi connectivity index (χ4n) is 4.00. The highest BCUT2D eigenvalue weighted by molar-refractivity contribution is 6.04. The summed E-state index contributed by atoms with van der Waals surface area (Å²) in [5, 5.41) is 4.87. The molecule has 154 valence electrons. The number of methoxy groups -OCH3 is 1. The lowest BCUT2D eigenvalue weighted by Crippen LogP contribution is -2.56. The number of hydrogen-bond acceptors (Lipinski definition) is 5. The number of esters is 1. The lowest BCUT2D eigenvalue weighted by atomic mass is 9.96. The zero-order chi connectivity index (χ0) is 19.7. The van der Waals surface area contributed by atoms with Gasteiger partial charge in [0.25, 0.3) is 0 Å². The predicted octanol–water partition coefficient (Wildman–Crippen LogP) is 3.48. The molecule has 0 unspecified atom stereocenters. The Morgan fingerprint density at radius 2 is 1.83 bits per heavy atom. The molecule has 29 heavy (non-hydrogen) atoms. The van der Waals surface area contributed by atoms with Gasteiger partial charge in [0.1, 0.15) is 17.2 Å². The van der Waals surface area contributed by atoms with Crippen LogP contribution in [-0.4, -0.2) is 30.6 Å². The van der Waals surface area contributed by atoms with Crippen LogP contribution < -0.4 is 11.1 Å². The van der Waals surface area contributed by atoms with E-state index in [2.05, 4.69) is 5.32 Å². The topological polar surface area (TPSA) is 94.6 Å². The summed E-state index contributed by atoms with van der Waals surface area (Å²) in [7, 11) is 1.32. The molecular formula is C22H25ClN2O4. The van der Waals surface area contributed by atoms with Gasteiger partial charge >= 0.3 is 5.97 Å². The van der Waals surface area contributed by atoms with Gasteiger partial charge in [-0.15, -0.1) is 12.4 Å².